The van der Waals surface area contributed by atoms with E-state index >= 15 is 0 Å². The summed E-state index contributed by atoms with van der Waals surface area (Å²) in [6.07, 6.45) is 1.11. The molecule has 10 heteroatoms. The van der Waals surface area contributed by atoms with Crippen molar-refractivity contribution in [3.05, 3.63) is 21.8 Å². The smallest absolute Gasteiger partial charge is 0.409 e. The highest BCUT2D eigenvalue weighted by atomic mass is 32.2. The molecule has 146 valence electrons. The van der Waals surface area contributed by atoms with E-state index in [2.05, 4.69) is 10.3 Å². The van der Waals surface area contributed by atoms with Crippen LogP contribution in [0.15, 0.2) is 21.4 Å². The molecular formula is C17H22N4O4S2. The van der Waals surface area contributed by atoms with Gasteiger partial charge in [-0.3, -0.25) is 14.2 Å². The van der Waals surface area contributed by atoms with Crippen LogP contribution >= 0.6 is 23.1 Å². The zero-order chi connectivity index (χ0) is 19.4. The van der Waals surface area contributed by atoms with Gasteiger partial charge in [0.2, 0.25) is 5.91 Å². The van der Waals surface area contributed by atoms with E-state index in [-0.39, 0.29) is 29.4 Å². The Morgan fingerprint density at radius 1 is 1.41 bits per heavy atom. The Labute approximate surface area is 164 Å². The van der Waals surface area contributed by atoms with Crippen LogP contribution in [0.3, 0.4) is 0 Å². The number of hydrogen-bond donors (Lipinski definition) is 1. The minimum Gasteiger partial charge on any atom is -0.450 e. The highest BCUT2D eigenvalue weighted by molar-refractivity contribution is 7.99. The second-order valence-electron chi connectivity index (χ2n) is 6.21. The normalized spacial score (nSPS) is 15.1. The van der Waals surface area contributed by atoms with Gasteiger partial charge in [0.15, 0.2) is 5.16 Å². The van der Waals surface area contributed by atoms with Crippen LogP contribution in [-0.4, -0.2) is 57.9 Å². The van der Waals surface area contributed by atoms with Crippen LogP contribution in [-0.2, 0) is 16.6 Å². The maximum absolute atomic E-state index is 12.3. The van der Waals surface area contributed by atoms with E-state index in [0.717, 1.165) is 0 Å². The molecule has 0 atom stereocenters. The van der Waals surface area contributed by atoms with Gasteiger partial charge in [-0.15, -0.1) is 11.3 Å². The molecule has 0 unspecified atom stereocenters. The monoisotopic (exact) mass is 410 g/mol. The van der Waals surface area contributed by atoms with Crippen molar-refractivity contribution in [2.75, 3.05) is 25.4 Å². The largest absolute Gasteiger partial charge is 0.450 e. The predicted molar refractivity (Wildman–Crippen MR) is 105 cm³/mol. The summed E-state index contributed by atoms with van der Waals surface area (Å²) in [5, 5.41) is 5.96. The fourth-order valence-corrected chi connectivity index (χ4v) is 4.52. The summed E-state index contributed by atoms with van der Waals surface area (Å²) in [5.41, 5.74) is -0.101. The van der Waals surface area contributed by atoms with E-state index < -0.39 is 0 Å². The Hall–Kier alpha value is -2.07. The van der Waals surface area contributed by atoms with E-state index in [1.807, 2.05) is 5.38 Å². The number of nitrogens with one attached hydrogen (secondary N) is 1. The Morgan fingerprint density at radius 3 is 2.85 bits per heavy atom. The molecule has 0 radical (unpaired) electrons. The number of amides is 2. The first-order valence-corrected chi connectivity index (χ1v) is 10.6. The van der Waals surface area contributed by atoms with E-state index in [1.165, 1.54) is 27.7 Å². The first-order chi connectivity index (χ1) is 13.0. The van der Waals surface area contributed by atoms with Crippen LogP contribution < -0.4 is 10.9 Å². The lowest BCUT2D eigenvalue weighted by Crippen LogP contribution is -2.47. The van der Waals surface area contributed by atoms with Crippen LogP contribution in [0, 0.1) is 0 Å². The third-order valence-corrected chi connectivity index (χ3v) is 6.22. The van der Waals surface area contributed by atoms with E-state index in [1.54, 1.807) is 24.9 Å². The van der Waals surface area contributed by atoms with E-state index in [9.17, 15) is 14.4 Å². The number of thioether (sulfide) groups is 1. The van der Waals surface area contributed by atoms with Crippen LogP contribution in [0.5, 0.6) is 0 Å². The van der Waals surface area contributed by atoms with Crippen LogP contribution in [0.25, 0.3) is 10.2 Å². The number of carbonyl (C=O) groups is 2. The lowest BCUT2D eigenvalue weighted by atomic mass is 10.1. The zero-order valence-electron chi connectivity index (χ0n) is 15.3. The van der Waals surface area contributed by atoms with Gasteiger partial charge >= 0.3 is 6.09 Å². The Kier molecular flexibility index (Phi) is 6.38. The molecule has 27 heavy (non-hydrogen) atoms. The highest BCUT2D eigenvalue weighted by Gasteiger charge is 2.24. The van der Waals surface area contributed by atoms with Crippen molar-refractivity contribution >= 4 is 45.3 Å². The number of aromatic nitrogens is 2. The summed E-state index contributed by atoms with van der Waals surface area (Å²) in [6, 6.07) is 1.81. The maximum Gasteiger partial charge on any atom is 0.409 e. The number of ether oxygens (including phenoxy) is 1. The summed E-state index contributed by atoms with van der Waals surface area (Å²) >= 11 is 2.66. The summed E-state index contributed by atoms with van der Waals surface area (Å²) < 4.78 is 6.47. The van der Waals surface area contributed by atoms with Crippen molar-refractivity contribution < 1.29 is 14.3 Å². The molecule has 1 aliphatic heterocycles. The molecule has 1 fully saturated rings. The van der Waals surface area contributed by atoms with Crippen molar-refractivity contribution in [2.24, 2.45) is 7.05 Å². The maximum atomic E-state index is 12.3. The van der Waals surface area contributed by atoms with Crippen molar-refractivity contribution in [3.63, 3.8) is 0 Å². The van der Waals surface area contributed by atoms with Gasteiger partial charge in [-0.2, -0.15) is 0 Å². The third kappa shape index (κ3) is 4.62. The number of nitrogens with zero attached hydrogens (tertiary/aromatic N) is 3. The molecule has 0 spiro atoms. The van der Waals surface area contributed by atoms with Crippen molar-refractivity contribution in [3.8, 4) is 0 Å². The lowest BCUT2D eigenvalue weighted by Gasteiger charge is -2.31. The topological polar surface area (TPSA) is 93.5 Å². The molecule has 3 heterocycles. The zero-order valence-corrected chi connectivity index (χ0v) is 16.9. The minimum atomic E-state index is -0.297. The average Bonchev–Trinajstić information content (AvgIpc) is 3.13. The first-order valence-electron chi connectivity index (χ1n) is 8.77. The fraction of sp³-hybridized carbons (Fsp3) is 0.529. The first kappa shape index (κ1) is 19.7. The standard InChI is InChI=1S/C17H22N4O4S2/c1-3-25-17(24)21-7-4-11(5-8-21)18-13(22)10-27-16-19-14-12(6-9-26-14)15(23)20(16)2/h6,9,11H,3-5,7-8,10H2,1-2H3,(H,18,22). The molecule has 2 aromatic heterocycles. The van der Waals surface area contributed by atoms with E-state index in [4.69, 9.17) is 4.74 Å². The van der Waals surface area contributed by atoms with Gasteiger partial charge in [0.1, 0.15) is 4.83 Å². The fourth-order valence-electron chi connectivity index (χ4n) is 2.93. The number of rotatable bonds is 5. The number of carbonyl (C=O) groups excluding carboxylic acids is 2. The molecule has 8 nitrogen and oxygen atoms in total. The minimum absolute atomic E-state index is 0.0420. The molecule has 0 aliphatic carbocycles. The van der Waals surface area contributed by atoms with Gasteiger partial charge in [0.25, 0.3) is 5.56 Å². The molecule has 2 amide bonds. The molecule has 1 N–H and O–H groups in total. The number of thiophene rings is 1. The van der Waals surface area contributed by atoms with E-state index in [0.29, 0.717) is 47.9 Å². The molecule has 3 rings (SSSR count). The Balaban J connectivity index is 1.50. The summed E-state index contributed by atoms with van der Waals surface area (Å²) in [5.74, 6) is 0.0880. The lowest BCUT2D eigenvalue weighted by molar-refractivity contribution is -0.119. The second kappa shape index (κ2) is 8.75. The Morgan fingerprint density at radius 2 is 2.15 bits per heavy atom. The van der Waals surface area contributed by atoms with Crippen LogP contribution in [0.4, 0.5) is 4.79 Å². The number of piperidine rings is 1. The number of fused-ring (bicyclic) bond motifs is 1. The van der Waals surface area contributed by atoms with Gasteiger partial charge in [-0.05, 0) is 31.2 Å². The molecule has 1 saturated heterocycles. The molecule has 1 aliphatic rings. The van der Waals surface area contributed by atoms with Crippen molar-refractivity contribution in [1.82, 2.24) is 19.8 Å². The van der Waals surface area contributed by atoms with Crippen LogP contribution in [0.2, 0.25) is 0 Å². The summed E-state index contributed by atoms with van der Waals surface area (Å²) in [4.78, 5) is 43.1. The molecule has 2 aromatic rings. The number of hydrogen-bond acceptors (Lipinski definition) is 7. The molecule has 0 saturated carbocycles. The summed E-state index contributed by atoms with van der Waals surface area (Å²) in [7, 11) is 1.66. The quantitative estimate of drug-likeness (QED) is 0.597. The van der Waals surface area contributed by atoms with Gasteiger partial charge in [-0.25, -0.2) is 9.78 Å². The number of likely N-dealkylation sites (tertiary alicyclic amines) is 1. The summed E-state index contributed by atoms with van der Waals surface area (Å²) in [6.45, 7) is 3.29. The molecular weight excluding hydrogens is 388 g/mol. The van der Waals surface area contributed by atoms with Crippen molar-refractivity contribution in [1.29, 1.82) is 0 Å². The van der Waals surface area contributed by atoms with Crippen molar-refractivity contribution in [2.45, 2.75) is 31.0 Å². The third-order valence-electron chi connectivity index (χ3n) is 4.38. The SMILES string of the molecule is CCOC(=O)N1CCC(NC(=O)CSc2nc3sccc3c(=O)n2C)CC1. The Bertz CT molecular complexity index is 887. The average molecular weight is 411 g/mol. The van der Waals surface area contributed by atoms with Crippen LogP contribution in [0.1, 0.15) is 19.8 Å². The highest BCUT2D eigenvalue weighted by Crippen LogP contribution is 2.20. The van der Waals surface area contributed by atoms with Gasteiger partial charge < -0.3 is 15.0 Å². The van der Waals surface area contributed by atoms with Gasteiger partial charge in [-0.1, -0.05) is 11.8 Å². The molecule has 0 aromatic carbocycles. The predicted octanol–water partition coefficient (Wildman–Crippen LogP) is 1.82. The second-order valence-corrected chi connectivity index (χ2v) is 8.05. The van der Waals surface area contributed by atoms with Gasteiger partial charge in [0.05, 0.1) is 17.7 Å². The molecule has 0 bridgehead atoms. The van der Waals surface area contributed by atoms with Gasteiger partial charge in [0, 0.05) is 26.2 Å².